The molecule has 0 saturated carbocycles. The molecular formula is C22H15IN2O2S. The number of carbonyl (C=O) groups excluding carboxylic acids is 1. The highest BCUT2D eigenvalue weighted by atomic mass is 127. The van der Waals surface area contributed by atoms with Crippen LogP contribution in [0.25, 0.3) is 10.9 Å². The van der Waals surface area contributed by atoms with E-state index in [1.54, 1.807) is 12.1 Å². The van der Waals surface area contributed by atoms with E-state index in [0.29, 0.717) is 10.9 Å². The molecule has 0 atom stereocenters. The smallest absolute Gasteiger partial charge is 0.269 e. The number of carbonyl (C=O) groups is 1. The molecule has 3 aromatic carbocycles. The maximum atomic E-state index is 13.6. The Bertz CT molecular complexity index is 1240. The molecule has 1 aromatic heterocycles. The lowest BCUT2D eigenvalue weighted by molar-refractivity contribution is 0.0886. The number of rotatable bonds is 3. The fourth-order valence-electron chi connectivity index (χ4n) is 3.28. The summed E-state index contributed by atoms with van der Waals surface area (Å²) in [5.74, 6) is -1.00. The van der Waals surface area contributed by atoms with Crippen LogP contribution < -0.4 is 5.56 Å². The van der Waals surface area contributed by atoms with Crippen LogP contribution in [0.2, 0.25) is 0 Å². The summed E-state index contributed by atoms with van der Waals surface area (Å²) in [6, 6.07) is 24.3. The second kappa shape index (κ2) is 7.81. The van der Waals surface area contributed by atoms with Gasteiger partial charge in [-0.25, -0.2) is 4.57 Å². The Morgan fingerprint density at radius 3 is 2.07 bits per heavy atom. The molecule has 0 bridgehead atoms. The second-order valence-corrected chi connectivity index (χ2v) is 7.99. The maximum Gasteiger partial charge on any atom is 0.269 e. The molecule has 0 saturated heterocycles. The lowest BCUT2D eigenvalue weighted by atomic mass is 9.90. The average molecular weight is 498 g/mol. The SMILES string of the molecule is O=C(C(c1ccccc1)c1ccccc1)n1c(=S)[nH]c2ccc(I)cc2c1=O. The monoisotopic (exact) mass is 498 g/mol. The predicted octanol–water partition coefficient (Wildman–Crippen LogP) is 5.14. The minimum absolute atomic E-state index is 0.0978. The maximum absolute atomic E-state index is 13.6. The molecular weight excluding hydrogens is 483 g/mol. The summed E-state index contributed by atoms with van der Waals surface area (Å²) in [7, 11) is 0. The Kier molecular flexibility index (Phi) is 5.23. The Morgan fingerprint density at radius 2 is 1.50 bits per heavy atom. The molecule has 0 spiro atoms. The quantitative estimate of drug-likeness (QED) is 0.315. The summed E-state index contributed by atoms with van der Waals surface area (Å²) in [4.78, 5) is 29.8. The zero-order valence-electron chi connectivity index (χ0n) is 14.6. The Morgan fingerprint density at radius 1 is 0.929 bits per heavy atom. The molecule has 4 aromatic rings. The lowest BCUT2D eigenvalue weighted by Gasteiger charge is -2.18. The van der Waals surface area contributed by atoms with Gasteiger partial charge in [0.25, 0.3) is 5.56 Å². The second-order valence-electron chi connectivity index (χ2n) is 6.35. The van der Waals surface area contributed by atoms with Crippen molar-refractivity contribution in [2.45, 2.75) is 5.92 Å². The number of hydrogen-bond acceptors (Lipinski definition) is 3. The third-order valence-corrected chi connectivity index (χ3v) is 5.55. The van der Waals surface area contributed by atoms with Crippen molar-refractivity contribution >= 4 is 51.6 Å². The Balaban J connectivity index is 1.96. The van der Waals surface area contributed by atoms with Crippen molar-refractivity contribution in [1.29, 1.82) is 0 Å². The third kappa shape index (κ3) is 3.45. The van der Waals surface area contributed by atoms with Crippen molar-refractivity contribution in [3.05, 3.63) is 109 Å². The van der Waals surface area contributed by atoms with Crippen LogP contribution in [0.4, 0.5) is 0 Å². The topological polar surface area (TPSA) is 54.9 Å². The zero-order chi connectivity index (χ0) is 19.7. The molecule has 0 aliphatic carbocycles. The molecule has 0 radical (unpaired) electrons. The summed E-state index contributed by atoms with van der Waals surface area (Å²) >= 11 is 7.52. The van der Waals surface area contributed by atoms with Gasteiger partial charge in [0.05, 0.1) is 16.8 Å². The minimum Gasteiger partial charge on any atom is -0.331 e. The molecule has 4 rings (SSSR count). The zero-order valence-corrected chi connectivity index (χ0v) is 17.6. The number of aromatic amines is 1. The van der Waals surface area contributed by atoms with E-state index in [1.165, 1.54) is 0 Å². The largest absolute Gasteiger partial charge is 0.331 e. The van der Waals surface area contributed by atoms with Crippen molar-refractivity contribution < 1.29 is 4.79 Å². The number of nitrogens with zero attached hydrogens (tertiary/aromatic N) is 1. The van der Waals surface area contributed by atoms with Crippen LogP contribution in [0.5, 0.6) is 0 Å². The number of halogens is 1. The van der Waals surface area contributed by atoms with Gasteiger partial charge in [0, 0.05) is 3.57 Å². The van der Waals surface area contributed by atoms with Crippen LogP contribution in [-0.4, -0.2) is 15.5 Å². The van der Waals surface area contributed by atoms with Gasteiger partial charge >= 0.3 is 0 Å². The molecule has 6 heteroatoms. The predicted molar refractivity (Wildman–Crippen MR) is 121 cm³/mol. The molecule has 1 N–H and O–H groups in total. The van der Waals surface area contributed by atoms with E-state index in [0.717, 1.165) is 19.3 Å². The highest BCUT2D eigenvalue weighted by molar-refractivity contribution is 14.1. The number of benzene rings is 3. The highest BCUT2D eigenvalue weighted by Gasteiger charge is 2.26. The Hall–Kier alpha value is -2.58. The first-order valence-corrected chi connectivity index (χ1v) is 10.1. The van der Waals surface area contributed by atoms with E-state index in [9.17, 15) is 9.59 Å². The van der Waals surface area contributed by atoms with E-state index in [-0.39, 0.29) is 10.7 Å². The summed E-state index contributed by atoms with van der Waals surface area (Å²) < 4.78 is 2.09. The molecule has 0 aliphatic heterocycles. The fourth-order valence-corrected chi connectivity index (χ4v) is 4.06. The lowest BCUT2D eigenvalue weighted by Crippen LogP contribution is -2.32. The van der Waals surface area contributed by atoms with Gasteiger partial charge in [-0.3, -0.25) is 9.59 Å². The highest BCUT2D eigenvalue weighted by Crippen LogP contribution is 2.26. The van der Waals surface area contributed by atoms with Crippen molar-refractivity contribution in [1.82, 2.24) is 9.55 Å². The fraction of sp³-hybridized carbons (Fsp3) is 0.0455. The minimum atomic E-state index is -0.629. The van der Waals surface area contributed by atoms with E-state index in [2.05, 4.69) is 27.6 Å². The van der Waals surface area contributed by atoms with Crippen molar-refractivity contribution in [2.24, 2.45) is 0 Å². The average Bonchev–Trinajstić information content (AvgIpc) is 2.70. The van der Waals surface area contributed by atoms with Gasteiger partial charge in [0.15, 0.2) is 4.77 Å². The number of aromatic nitrogens is 2. The van der Waals surface area contributed by atoms with E-state index < -0.39 is 11.5 Å². The van der Waals surface area contributed by atoms with Gasteiger partial charge < -0.3 is 4.98 Å². The van der Waals surface area contributed by atoms with E-state index in [4.69, 9.17) is 12.2 Å². The van der Waals surface area contributed by atoms with Crippen molar-refractivity contribution in [2.75, 3.05) is 0 Å². The molecule has 1 heterocycles. The van der Waals surface area contributed by atoms with E-state index >= 15 is 0 Å². The molecule has 0 aliphatic rings. The molecule has 0 unspecified atom stereocenters. The molecule has 28 heavy (non-hydrogen) atoms. The van der Waals surface area contributed by atoms with Crippen molar-refractivity contribution in [3.63, 3.8) is 0 Å². The third-order valence-electron chi connectivity index (χ3n) is 4.59. The van der Waals surface area contributed by atoms with Crippen LogP contribution in [0.15, 0.2) is 83.7 Å². The van der Waals surface area contributed by atoms with Crippen LogP contribution in [0, 0.1) is 8.34 Å². The first-order valence-electron chi connectivity index (χ1n) is 8.65. The van der Waals surface area contributed by atoms with Crippen molar-refractivity contribution in [3.8, 4) is 0 Å². The van der Waals surface area contributed by atoms with Crippen LogP contribution in [0.1, 0.15) is 21.8 Å². The summed E-state index contributed by atoms with van der Waals surface area (Å²) in [6.45, 7) is 0. The van der Waals surface area contributed by atoms with Gasteiger partial charge in [-0.15, -0.1) is 0 Å². The van der Waals surface area contributed by atoms with Crippen LogP contribution >= 0.6 is 34.8 Å². The van der Waals surface area contributed by atoms with E-state index in [1.807, 2.05) is 66.7 Å². The number of hydrogen-bond donors (Lipinski definition) is 1. The first kappa shape index (κ1) is 18.8. The number of nitrogens with one attached hydrogen (secondary N) is 1. The van der Waals surface area contributed by atoms with Gasteiger partial charge in [-0.1, -0.05) is 60.7 Å². The van der Waals surface area contributed by atoms with Gasteiger partial charge in [0.1, 0.15) is 0 Å². The van der Waals surface area contributed by atoms with Crippen LogP contribution in [-0.2, 0) is 0 Å². The molecule has 0 amide bonds. The summed E-state index contributed by atoms with van der Waals surface area (Å²) in [6.07, 6.45) is 0. The standard InChI is InChI=1S/C22H15IN2O2S/c23-16-11-12-18-17(13-16)20(26)25(22(28)24-18)21(27)19(14-7-3-1-4-8-14)15-9-5-2-6-10-15/h1-13,19H,(H,24,28). The summed E-state index contributed by atoms with van der Waals surface area (Å²) in [5.41, 5.74) is 1.83. The molecule has 4 nitrogen and oxygen atoms in total. The number of H-pyrrole nitrogens is 1. The molecule has 138 valence electrons. The summed E-state index contributed by atoms with van der Waals surface area (Å²) in [5, 5.41) is 0.439. The molecule has 0 fully saturated rings. The van der Waals surface area contributed by atoms with Gasteiger partial charge in [-0.2, -0.15) is 0 Å². The normalized spacial score (nSPS) is 11.1. The first-order chi connectivity index (χ1) is 13.6. The van der Waals surface area contributed by atoms with Crippen LogP contribution in [0.3, 0.4) is 0 Å². The van der Waals surface area contributed by atoms with Gasteiger partial charge in [-0.05, 0) is 64.1 Å². The number of fused-ring (bicyclic) bond motifs is 1. The van der Waals surface area contributed by atoms with Gasteiger partial charge in [0.2, 0.25) is 5.91 Å². The Labute approximate surface area is 180 Å².